The number of amides is 1. The molecule has 18 heavy (non-hydrogen) atoms. The number of nitrogens with zero attached hydrogens (tertiary/aromatic N) is 1. The molecule has 0 saturated carbocycles. The van der Waals surface area contributed by atoms with Gasteiger partial charge in [0.15, 0.2) is 0 Å². The second kappa shape index (κ2) is 4.57. The van der Waals surface area contributed by atoms with Crippen molar-refractivity contribution in [3.63, 3.8) is 0 Å². The molecular weight excluding hydrogens is 248 g/mol. The molecule has 2 atom stereocenters. The summed E-state index contributed by atoms with van der Waals surface area (Å²) in [7, 11) is -1.50. The van der Waals surface area contributed by atoms with Crippen molar-refractivity contribution >= 4 is 21.5 Å². The molecule has 4 nitrogen and oxygen atoms in total. The Morgan fingerprint density at radius 2 is 1.94 bits per heavy atom. The first-order valence-electron chi connectivity index (χ1n) is 5.68. The summed E-state index contributed by atoms with van der Waals surface area (Å²) in [5.74, 6) is 0. The monoisotopic (exact) mass is 264 g/mol. The predicted octanol–water partition coefficient (Wildman–Crippen LogP) is 3.31. The fourth-order valence-corrected chi connectivity index (χ4v) is 4.14. The molecule has 96 valence electrons. The molecule has 0 fully saturated rings. The normalized spacial score (nSPS) is 27.1. The van der Waals surface area contributed by atoms with E-state index in [4.69, 9.17) is 0 Å². The standard InChI is InChI=1S/C13H16N2O2S/c1-9(14-8-16)11-4-6-12(7-5-11)13-10(2)18(13,3)15-17/h4-9H,1-3H3,(H,14,16)/t9-/m0/s1. The maximum Gasteiger partial charge on any atom is 0.207 e. The Morgan fingerprint density at radius 3 is 2.39 bits per heavy atom. The van der Waals surface area contributed by atoms with Crippen molar-refractivity contribution in [1.29, 1.82) is 0 Å². The van der Waals surface area contributed by atoms with E-state index in [1.54, 1.807) is 0 Å². The highest BCUT2D eigenvalue weighted by Crippen LogP contribution is 2.79. The van der Waals surface area contributed by atoms with Crippen molar-refractivity contribution in [1.82, 2.24) is 5.32 Å². The summed E-state index contributed by atoms with van der Waals surface area (Å²) >= 11 is 0. The topological polar surface area (TPSA) is 58.5 Å². The van der Waals surface area contributed by atoms with Gasteiger partial charge in [-0.25, -0.2) is 0 Å². The molecule has 0 aliphatic carbocycles. The molecule has 5 heteroatoms. The summed E-state index contributed by atoms with van der Waals surface area (Å²) in [6.45, 7) is 3.89. The summed E-state index contributed by atoms with van der Waals surface area (Å²) in [6, 6.07) is 7.91. The van der Waals surface area contributed by atoms with Crippen LogP contribution < -0.4 is 5.32 Å². The van der Waals surface area contributed by atoms with Gasteiger partial charge in [0.2, 0.25) is 6.41 Å². The maximum atomic E-state index is 10.8. The van der Waals surface area contributed by atoms with Gasteiger partial charge in [-0.1, -0.05) is 34.5 Å². The highest BCUT2D eigenvalue weighted by Gasteiger charge is 2.44. The van der Waals surface area contributed by atoms with Gasteiger partial charge >= 0.3 is 0 Å². The Labute approximate surface area is 108 Å². The number of nitroso groups, excluding NO2 is 1. The van der Waals surface area contributed by atoms with E-state index in [-0.39, 0.29) is 6.04 Å². The number of hydrogen-bond donors (Lipinski definition) is 1. The molecule has 0 aromatic heterocycles. The first kappa shape index (κ1) is 12.8. The highest BCUT2D eigenvalue weighted by atomic mass is 32.3. The van der Waals surface area contributed by atoms with E-state index in [9.17, 15) is 9.70 Å². The zero-order valence-corrected chi connectivity index (χ0v) is 11.5. The summed E-state index contributed by atoms with van der Waals surface area (Å²) in [5, 5.41) is 2.71. The number of allylic oxidation sites excluding steroid dienone is 1. The van der Waals surface area contributed by atoms with E-state index in [2.05, 4.69) is 9.90 Å². The van der Waals surface area contributed by atoms with Crippen LogP contribution in [0.2, 0.25) is 0 Å². The number of benzene rings is 1. The van der Waals surface area contributed by atoms with Crippen LogP contribution in [0, 0.1) is 4.91 Å². The van der Waals surface area contributed by atoms with Gasteiger partial charge in [0.25, 0.3) is 0 Å². The molecule has 0 saturated heterocycles. The van der Waals surface area contributed by atoms with Crippen LogP contribution in [0.15, 0.2) is 33.8 Å². The third-order valence-corrected chi connectivity index (χ3v) is 6.24. The Bertz CT molecular complexity index is 524. The SMILES string of the molecule is CC1=C(c2ccc([C@H](C)NC=O)cc2)S1(C)N=O. The zero-order valence-electron chi connectivity index (χ0n) is 10.6. The van der Waals surface area contributed by atoms with Crippen LogP contribution in [0.5, 0.6) is 0 Å². The zero-order chi connectivity index (χ0) is 13.3. The fraction of sp³-hybridized carbons (Fsp3) is 0.308. The van der Waals surface area contributed by atoms with Crippen molar-refractivity contribution in [2.75, 3.05) is 6.26 Å². The van der Waals surface area contributed by atoms with Gasteiger partial charge < -0.3 is 5.32 Å². The largest absolute Gasteiger partial charge is 0.352 e. The van der Waals surface area contributed by atoms with Crippen LogP contribution >= 0.6 is 10.2 Å². The molecule has 1 aromatic carbocycles. The van der Waals surface area contributed by atoms with E-state index in [1.807, 2.05) is 44.4 Å². The Morgan fingerprint density at radius 1 is 1.33 bits per heavy atom. The third kappa shape index (κ3) is 1.95. The van der Waals surface area contributed by atoms with Crippen LogP contribution in [0.25, 0.3) is 4.91 Å². The fourth-order valence-electron chi connectivity index (χ4n) is 2.06. The molecule has 1 N–H and O–H groups in total. The molecule has 1 aliphatic heterocycles. The van der Waals surface area contributed by atoms with Gasteiger partial charge in [0, 0.05) is 9.81 Å². The Kier molecular flexibility index (Phi) is 3.26. The molecule has 1 aromatic rings. The number of rotatable bonds is 5. The molecule has 0 spiro atoms. The lowest BCUT2D eigenvalue weighted by Crippen LogP contribution is -2.15. The number of carbonyl (C=O) groups is 1. The van der Waals surface area contributed by atoms with Crippen LogP contribution in [-0.4, -0.2) is 12.7 Å². The van der Waals surface area contributed by atoms with Gasteiger partial charge in [-0.3, -0.25) is 4.79 Å². The van der Waals surface area contributed by atoms with E-state index in [0.717, 1.165) is 20.9 Å². The first-order chi connectivity index (χ1) is 8.54. The van der Waals surface area contributed by atoms with Crippen LogP contribution in [-0.2, 0) is 4.79 Å². The van der Waals surface area contributed by atoms with Crippen LogP contribution in [0.4, 0.5) is 0 Å². The minimum atomic E-state index is -1.50. The molecule has 0 bridgehead atoms. The molecule has 2 rings (SSSR count). The summed E-state index contributed by atoms with van der Waals surface area (Å²) in [5.41, 5.74) is 2.10. The van der Waals surface area contributed by atoms with Gasteiger partial charge in [-0.2, -0.15) is 0 Å². The van der Waals surface area contributed by atoms with E-state index in [1.165, 1.54) is 0 Å². The lowest BCUT2D eigenvalue weighted by molar-refractivity contribution is -0.110. The van der Waals surface area contributed by atoms with Crippen molar-refractivity contribution < 1.29 is 4.79 Å². The molecular formula is C13H16N2O2S. The van der Waals surface area contributed by atoms with Gasteiger partial charge in [-0.15, -0.1) is 4.91 Å². The van der Waals surface area contributed by atoms with Gasteiger partial charge in [-0.05, 0) is 35.8 Å². The Balaban J connectivity index is 2.20. The number of carbonyl (C=O) groups excluding carboxylic acids is 1. The summed E-state index contributed by atoms with van der Waals surface area (Å²) in [4.78, 5) is 23.4. The van der Waals surface area contributed by atoms with Crippen molar-refractivity contribution in [2.45, 2.75) is 19.9 Å². The molecule has 1 aliphatic rings. The van der Waals surface area contributed by atoms with Gasteiger partial charge in [0.05, 0.1) is 6.04 Å². The average Bonchev–Trinajstić information content (AvgIpc) is 2.93. The number of hydrogen-bond acceptors (Lipinski definition) is 3. The van der Waals surface area contributed by atoms with Crippen molar-refractivity contribution in [3.05, 3.63) is 45.2 Å². The van der Waals surface area contributed by atoms with Crippen LogP contribution in [0.1, 0.15) is 31.0 Å². The first-order valence-corrected chi connectivity index (χ1v) is 7.68. The molecule has 1 heterocycles. The molecule has 1 unspecified atom stereocenters. The second-order valence-electron chi connectivity index (χ2n) is 4.46. The molecule has 0 radical (unpaired) electrons. The van der Waals surface area contributed by atoms with E-state index < -0.39 is 10.2 Å². The summed E-state index contributed by atoms with van der Waals surface area (Å²) < 4.78 is 3.26. The van der Waals surface area contributed by atoms with Crippen LogP contribution in [0.3, 0.4) is 0 Å². The second-order valence-corrected chi connectivity index (χ2v) is 7.38. The van der Waals surface area contributed by atoms with E-state index >= 15 is 0 Å². The van der Waals surface area contributed by atoms with E-state index in [0.29, 0.717) is 6.41 Å². The quantitative estimate of drug-likeness (QED) is 0.655. The maximum absolute atomic E-state index is 10.8. The highest BCUT2D eigenvalue weighted by molar-refractivity contribution is 8.48. The third-order valence-electron chi connectivity index (χ3n) is 3.41. The van der Waals surface area contributed by atoms with Crippen molar-refractivity contribution in [2.24, 2.45) is 4.58 Å². The average molecular weight is 264 g/mol. The predicted molar refractivity (Wildman–Crippen MR) is 76.0 cm³/mol. The lowest BCUT2D eigenvalue weighted by atomic mass is 10.1. The molecule has 1 amide bonds. The van der Waals surface area contributed by atoms with Crippen molar-refractivity contribution in [3.8, 4) is 0 Å². The minimum Gasteiger partial charge on any atom is -0.352 e. The Hall–Kier alpha value is -1.62. The minimum absolute atomic E-state index is 0.00578. The number of nitrogens with one attached hydrogen (secondary N) is 1. The lowest BCUT2D eigenvalue weighted by Gasteiger charge is -2.11. The summed E-state index contributed by atoms with van der Waals surface area (Å²) in [6.07, 6.45) is 2.61. The van der Waals surface area contributed by atoms with Gasteiger partial charge in [0.1, 0.15) is 0 Å². The smallest absolute Gasteiger partial charge is 0.207 e.